The number of carbonyl (C=O) groups excluding carboxylic acids is 2. The second-order valence-electron chi connectivity index (χ2n) is 6.46. The van der Waals surface area contributed by atoms with E-state index in [4.69, 9.17) is 17.0 Å². The quantitative estimate of drug-likeness (QED) is 0.345. The normalized spacial score (nSPS) is 13.0. The van der Waals surface area contributed by atoms with Crippen LogP contribution in [0.15, 0.2) is 34.8 Å². The molecule has 29 heavy (non-hydrogen) atoms. The van der Waals surface area contributed by atoms with Crippen molar-refractivity contribution in [2.24, 2.45) is 0 Å². The van der Waals surface area contributed by atoms with Crippen molar-refractivity contribution in [2.75, 3.05) is 11.9 Å². The van der Waals surface area contributed by atoms with Gasteiger partial charge < -0.3 is 10.1 Å². The summed E-state index contributed by atoms with van der Waals surface area (Å²) in [7, 11) is 0. The molecule has 1 heterocycles. The van der Waals surface area contributed by atoms with Crippen molar-refractivity contribution in [3.8, 4) is 0 Å². The maximum Gasteiger partial charge on any atom is 0.341 e. The molecule has 5 nitrogen and oxygen atoms in total. The Kier molecular flexibility index (Phi) is 7.57. The Morgan fingerprint density at radius 2 is 1.97 bits per heavy atom. The molecule has 0 saturated heterocycles. The fourth-order valence-corrected chi connectivity index (χ4v) is 4.92. The number of aryl methyl sites for hydroxylation is 1. The predicted molar refractivity (Wildman–Crippen MR) is 124 cm³/mol. The SMILES string of the molecule is CCOC(=O)c1c(NC(=S)NC(=O)/C=C\c2ccc(Br)cc2)sc2c1CCCC2. The predicted octanol–water partition coefficient (Wildman–Crippen LogP) is 5.09. The second-order valence-corrected chi connectivity index (χ2v) is 8.89. The number of anilines is 1. The number of rotatable bonds is 5. The smallest absolute Gasteiger partial charge is 0.341 e. The van der Waals surface area contributed by atoms with Crippen molar-refractivity contribution >= 4 is 67.6 Å². The van der Waals surface area contributed by atoms with Crippen LogP contribution in [0.5, 0.6) is 0 Å². The summed E-state index contributed by atoms with van der Waals surface area (Å²) in [6.45, 7) is 2.09. The van der Waals surface area contributed by atoms with Crippen LogP contribution in [0.25, 0.3) is 6.08 Å². The van der Waals surface area contributed by atoms with Gasteiger partial charge in [-0.1, -0.05) is 28.1 Å². The molecule has 1 aliphatic carbocycles. The monoisotopic (exact) mass is 492 g/mol. The Labute approximate surface area is 187 Å². The molecule has 152 valence electrons. The Balaban J connectivity index is 1.68. The number of benzene rings is 1. The van der Waals surface area contributed by atoms with E-state index in [-0.39, 0.29) is 17.0 Å². The number of ether oxygens (including phenoxy) is 1. The highest BCUT2D eigenvalue weighted by molar-refractivity contribution is 9.10. The van der Waals surface area contributed by atoms with E-state index in [1.54, 1.807) is 13.0 Å². The lowest BCUT2D eigenvalue weighted by Gasteiger charge is -2.12. The van der Waals surface area contributed by atoms with E-state index in [1.165, 1.54) is 22.3 Å². The Hall–Kier alpha value is -2.03. The fraction of sp³-hybridized carbons (Fsp3) is 0.286. The lowest BCUT2D eigenvalue weighted by Crippen LogP contribution is -2.33. The number of carbonyl (C=O) groups is 2. The van der Waals surface area contributed by atoms with E-state index in [9.17, 15) is 9.59 Å². The number of halogens is 1. The van der Waals surface area contributed by atoms with Crippen LogP contribution in [0, 0.1) is 0 Å². The highest BCUT2D eigenvalue weighted by Crippen LogP contribution is 2.38. The first-order chi connectivity index (χ1) is 14.0. The Morgan fingerprint density at radius 1 is 1.24 bits per heavy atom. The van der Waals surface area contributed by atoms with Crippen LogP contribution in [0.3, 0.4) is 0 Å². The van der Waals surface area contributed by atoms with Gasteiger partial charge in [-0.05, 0) is 74.2 Å². The zero-order chi connectivity index (χ0) is 20.8. The van der Waals surface area contributed by atoms with Crippen LogP contribution in [0.1, 0.15) is 46.1 Å². The summed E-state index contributed by atoms with van der Waals surface area (Å²) in [5.41, 5.74) is 2.50. The maximum atomic E-state index is 12.5. The molecule has 0 aliphatic heterocycles. The lowest BCUT2D eigenvalue weighted by molar-refractivity contribution is -0.115. The van der Waals surface area contributed by atoms with Crippen LogP contribution in [-0.2, 0) is 22.4 Å². The molecule has 1 amide bonds. The molecule has 1 aromatic heterocycles. The van der Waals surface area contributed by atoms with E-state index < -0.39 is 0 Å². The minimum Gasteiger partial charge on any atom is -0.462 e. The van der Waals surface area contributed by atoms with E-state index in [2.05, 4.69) is 26.6 Å². The molecular formula is C21H21BrN2O3S2. The molecule has 0 fully saturated rings. The largest absolute Gasteiger partial charge is 0.462 e. The highest BCUT2D eigenvalue weighted by Gasteiger charge is 2.26. The third-order valence-electron chi connectivity index (χ3n) is 4.41. The average Bonchev–Trinajstić information content (AvgIpc) is 3.05. The van der Waals surface area contributed by atoms with E-state index in [0.717, 1.165) is 41.3 Å². The number of esters is 1. The molecule has 1 aromatic carbocycles. The minimum atomic E-state index is -0.348. The summed E-state index contributed by atoms with van der Waals surface area (Å²) >= 11 is 10.2. The van der Waals surface area contributed by atoms with E-state index in [1.807, 2.05) is 24.3 Å². The average molecular weight is 493 g/mol. The zero-order valence-corrected chi connectivity index (χ0v) is 19.1. The van der Waals surface area contributed by atoms with Gasteiger partial charge in [0.25, 0.3) is 0 Å². The molecule has 0 radical (unpaired) electrons. The zero-order valence-electron chi connectivity index (χ0n) is 15.9. The molecular weight excluding hydrogens is 472 g/mol. The van der Waals surface area contributed by atoms with Gasteiger partial charge >= 0.3 is 5.97 Å². The summed E-state index contributed by atoms with van der Waals surface area (Å²) in [6, 6.07) is 7.59. The molecule has 0 spiro atoms. The maximum absolute atomic E-state index is 12.5. The third kappa shape index (κ3) is 5.74. The molecule has 2 N–H and O–H groups in total. The molecule has 3 rings (SSSR count). The van der Waals surface area contributed by atoms with Gasteiger partial charge in [0.05, 0.1) is 12.2 Å². The van der Waals surface area contributed by atoms with Crippen LogP contribution < -0.4 is 10.6 Å². The van der Waals surface area contributed by atoms with Gasteiger partial charge in [-0.25, -0.2) is 4.79 Å². The molecule has 8 heteroatoms. The Bertz CT molecular complexity index is 952. The van der Waals surface area contributed by atoms with Crippen molar-refractivity contribution in [2.45, 2.75) is 32.6 Å². The van der Waals surface area contributed by atoms with Gasteiger partial charge in [0, 0.05) is 15.4 Å². The highest BCUT2D eigenvalue weighted by atomic mass is 79.9. The first-order valence-corrected chi connectivity index (χ1v) is 11.4. The number of fused-ring (bicyclic) bond motifs is 1. The molecule has 0 atom stereocenters. The number of amides is 1. The van der Waals surface area contributed by atoms with Crippen molar-refractivity contribution in [1.29, 1.82) is 0 Å². The molecule has 1 aliphatic rings. The lowest BCUT2D eigenvalue weighted by atomic mass is 9.95. The number of hydrogen-bond acceptors (Lipinski definition) is 5. The standard InChI is InChI=1S/C21H21BrN2O3S2/c1-2-27-20(26)18-15-5-3-4-6-16(15)29-19(18)24-21(28)23-17(25)12-9-13-7-10-14(22)11-8-13/h7-12H,2-6H2,1H3,(H2,23,24,25,28)/b12-9-. The van der Waals surface area contributed by atoms with Crippen LogP contribution in [-0.4, -0.2) is 23.6 Å². The van der Waals surface area contributed by atoms with Gasteiger partial charge in [-0.15, -0.1) is 11.3 Å². The number of nitrogens with one attached hydrogen (secondary N) is 2. The van der Waals surface area contributed by atoms with Crippen LogP contribution in [0.4, 0.5) is 5.00 Å². The van der Waals surface area contributed by atoms with Crippen molar-refractivity contribution in [3.05, 3.63) is 56.4 Å². The number of thiophene rings is 1. The first-order valence-electron chi connectivity index (χ1n) is 9.35. The van der Waals surface area contributed by atoms with Crippen molar-refractivity contribution < 1.29 is 14.3 Å². The van der Waals surface area contributed by atoms with Crippen molar-refractivity contribution in [3.63, 3.8) is 0 Å². The Morgan fingerprint density at radius 3 is 2.69 bits per heavy atom. The fourth-order valence-electron chi connectivity index (χ4n) is 3.11. The summed E-state index contributed by atoms with van der Waals surface area (Å²) in [5, 5.41) is 6.44. The van der Waals surface area contributed by atoms with Gasteiger partial charge in [0.15, 0.2) is 5.11 Å². The first kappa shape index (κ1) is 21.7. The van der Waals surface area contributed by atoms with Gasteiger partial charge in [0.1, 0.15) is 5.00 Å². The van der Waals surface area contributed by atoms with Gasteiger partial charge in [-0.2, -0.15) is 0 Å². The van der Waals surface area contributed by atoms with Crippen LogP contribution >= 0.6 is 39.5 Å². The third-order valence-corrected chi connectivity index (χ3v) is 6.35. The second kappa shape index (κ2) is 10.1. The molecule has 0 unspecified atom stereocenters. The van der Waals surface area contributed by atoms with Crippen LogP contribution in [0.2, 0.25) is 0 Å². The number of thiocarbonyl (C=S) groups is 1. The van der Waals surface area contributed by atoms with E-state index in [0.29, 0.717) is 17.2 Å². The molecule has 2 aromatic rings. The van der Waals surface area contributed by atoms with Gasteiger partial charge in [0.2, 0.25) is 5.91 Å². The topological polar surface area (TPSA) is 67.4 Å². The summed E-state index contributed by atoms with van der Waals surface area (Å²) in [4.78, 5) is 25.8. The van der Waals surface area contributed by atoms with Gasteiger partial charge in [-0.3, -0.25) is 10.1 Å². The molecule has 0 bridgehead atoms. The number of hydrogen-bond donors (Lipinski definition) is 2. The minimum absolute atomic E-state index is 0.152. The molecule has 0 saturated carbocycles. The summed E-state index contributed by atoms with van der Waals surface area (Å²) in [5.74, 6) is -0.692. The summed E-state index contributed by atoms with van der Waals surface area (Å²) < 4.78 is 6.21. The summed E-state index contributed by atoms with van der Waals surface area (Å²) in [6.07, 6.45) is 7.09. The van der Waals surface area contributed by atoms with Crippen molar-refractivity contribution in [1.82, 2.24) is 5.32 Å². The van der Waals surface area contributed by atoms with E-state index >= 15 is 0 Å².